The molecule has 0 bridgehead atoms. The number of phenols is 1. The first-order valence-corrected chi connectivity index (χ1v) is 9.59. The number of hydrogen-bond donors (Lipinski definition) is 2. The average Bonchev–Trinajstić information content (AvgIpc) is 2.78. The van der Waals surface area contributed by atoms with Crippen LogP contribution in [-0.2, 0) is 0 Å². The van der Waals surface area contributed by atoms with Crippen molar-refractivity contribution in [1.29, 1.82) is 0 Å². The van der Waals surface area contributed by atoms with Gasteiger partial charge in [0.25, 0.3) is 0 Å². The van der Waals surface area contributed by atoms with Crippen LogP contribution >= 0.6 is 0 Å². The van der Waals surface area contributed by atoms with Crippen molar-refractivity contribution in [2.45, 2.75) is 13.0 Å². The summed E-state index contributed by atoms with van der Waals surface area (Å²) >= 11 is 0. The summed E-state index contributed by atoms with van der Waals surface area (Å²) in [7, 11) is 3.20. The highest BCUT2D eigenvalue weighted by molar-refractivity contribution is 5.86. The van der Waals surface area contributed by atoms with E-state index in [9.17, 15) is 5.11 Å². The first kappa shape index (κ1) is 19.5. The Bertz CT molecular complexity index is 1180. The monoisotopic (exact) mass is 401 g/mol. The molecule has 0 radical (unpaired) electrons. The Hall–Kier alpha value is -3.80. The van der Waals surface area contributed by atoms with Crippen molar-refractivity contribution in [2.75, 3.05) is 19.5 Å². The lowest BCUT2D eigenvalue weighted by molar-refractivity contribution is 0.354. The van der Waals surface area contributed by atoms with Crippen LogP contribution in [0.15, 0.2) is 66.9 Å². The summed E-state index contributed by atoms with van der Waals surface area (Å²) in [4.78, 5) is 8.93. The van der Waals surface area contributed by atoms with Crippen molar-refractivity contribution in [1.82, 2.24) is 9.97 Å². The van der Waals surface area contributed by atoms with Gasteiger partial charge in [-0.2, -0.15) is 0 Å². The van der Waals surface area contributed by atoms with Crippen molar-refractivity contribution >= 4 is 16.7 Å². The summed E-state index contributed by atoms with van der Waals surface area (Å²) in [6.07, 6.45) is 1.72. The van der Waals surface area contributed by atoms with Gasteiger partial charge in [-0.25, -0.2) is 9.97 Å². The van der Waals surface area contributed by atoms with E-state index in [-0.39, 0.29) is 11.8 Å². The van der Waals surface area contributed by atoms with Crippen molar-refractivity contribution in [2.24, 2.45) is 0 Å². The topological polar surface area (TPSA) is 76.5 Å². The number of fused-ring (bicyclic) bond motifs is 1. The predicted octanol–water partition coefficient (Wildman–Crippen LogP) is 4.86. The number of benzene rings is 2. The molecule has 0 aliphatic rings. The summed E-state index contributed by atoms with van der Waals surface area (Å²) in [5.41, 5.74) is 3.00. The van der Waals surface area contributed by atoms with E-state index >= 15 is 0 Å². The molecule has 2 N–H and O–H groups in total. The highest BCUT2D eigenvalue weighted by Crippen LogP contribution is 2.39. The maximum atomic E-state index is 11.1. The van der Waals surface area contributed by atoms with Crippen LogP contribution in [-0.4, -0.2) is 29.3 Å². The van der Waals surface area contributed by atoms with Crippen LogP contribution in [0.25, 0.3) is 10.9 Å². The molecule has 4 aromatic rings. The van der Waals surface area contributed by atoms with Gasteiger partial charge in [0, 0.05) is 22.8 Å². The fourth-order valence-corrected chi connectivity index (χ4v) is 3.49. The van der Waals surface area contributed by atoms with Crippen LogP contribution in [0, 0.1) is 6.92 Å². The number of hydrogen-bond acceptors (Lipinski definition) is 6. The lowest BCUT2D eigenvalue weighted by atomic mass is 9.95. The number of pyridine rings is 2. The summed E-state index contributed by atoms with van der Waals surface area (Å²) in [5, 5.41) is 15.4. The second-order valence-corrected chi connectivity index (χ2v) is 6.93. The maximum absolute atomic E-state index is 11.1. The van der Waals surface area contributed by atoms with Crippen LogP contribution in [0.1, 0.15) is 22.9 Å². The number of aromatic nitrogens is 2. The van der Waals surface area contributed by atoms with E-state index in [1.165, 1.54) is 0 Å². The Balaban J connectivity index is 1.88. The zero-order valence-electron chi connectivity index (χ0n) is 17.1. The number of methoxy groups -OCH3 is 2. The molecule has 0 spiro atoms. The summed E-state index contributed by atoms with van der Waals surface area (Å²) in [5.74, 6) is 2.07. The molecule has 1 atom stereocenters. The standard InChI is InChI=1S/C24H23N3O3/c1-15-7-8-16-9-11-18(24(28)23(16)26-15)22(27-21-6-4-5-13-25-21)17-10-12-19(29-2)20(14-17)30-3/h4-14,22,28H,1-3H3,(H,25,27)/t22-/m1/s1. The van der Waals surface area contributed by atoms with Gasteiger partial charge in [0.15, 0.2) is 11.5 Å². The van der Waals surface area contributed by atoms with Gasteiger partial charge < -0.3 is 19.9 Å². The molecule has 0 amide bonds. The molecule has 2 aromatic carbocycles. The molecule has 0 aliphatic carbocycles. The van der Waals surface area contributed by atoms with Crippen molar-refractivity contribution < 1.29 is 14.6 Å². The fourth-order valence-electron chi connectivity index (χ4n) is 3.49. The fraction of sp³-hybridized carbons (Fsp3) is 0.167. The van der Waals surface area contributed by atoms with Crippen LogP contribution in [0.4, 0.5) is 5.82 Å². The number of rotatable bonds is 6. The van der Waals surface area contributed by atoms with E-state index in [0.29, 0.717) is 28.4 Å². The molecule has 0 unspecified atom stereocenters. The quantitative estimate of drug-likeness (QED) is 0.480. The predicted molar refractivity (Wildman–Crippen MR) is 117 cm³/mol. The minimum atomic E-state index is -0.383. The molecular weight excluding hydrogens is 378 g/mol. The third-order valence-corrected chi connectivity index (χ3v) is 5.01. The zero-order valence-corrected chi connectivity index (χ0v) is 17.1. The Kier molecular flexibility index (Phi) is 5.39. The summed E-state index contributed by atoms with van der Waals surface area (Å²) in [6.45, 7) is 1.91. The number of anilines is 1. The Morgan fingerprint density at radius 2 is 1.73 bits per heavy atom. The molecule has 6 heteroatoms. The lowest BCUT2D eigenvalue weighted by Crippen LogP contribution is -2.14. The summed E-state index contributed by atoms with van der Waals surface area (Å²) < 4.78 is 10.9. The number of aryl methyl sites for hydroxylation is 1. The lowest BCUT2D eigenvalue weighted by Gasteiger charge is -2.23. The van der Waals surface area contributed by atoms with E-state index < -0.39 is 0 Å². The van der Waals surface area contributed by atoms with Crippen LogP contribution in [0.5, 0.6) is 17.2 Å². The minimum Gasteiger partial charge on any atom is -0.505 e. The molecule has 0 saturated carbocycles. The zero-order chi connectivity index (χ0) is 21.1. The average molecular weight is 401 g/mol. The highest BCUT2D eigenvalue weighted by Gasteiger charge is 2.22. The smallest absolute Gasteiger partial charge is 0.161 e. The Morgan fingerprint density at radius 3 is 2.47 bits per heavy atom. The number of ether oxygens (including phenoxy) is 2. The number of phenolic OH excluding ortho intramolecular Hbond substituents is 1. The molecule has 30 heavy (non-hydrogen) atoms. The number of nitrogens with one attached hydrogen (secondary N) is 1. The normalized spacial score (nSPS) is 11.8. The SMILES string of the molecule is COc1ccc([C@@H](Nc2ccccn2)c2ccc3ccc(C)nc3c2O)cc1OC. The summed E-state index contributed by atoms with van der Waals surface area (Å²) in [6, 6.07) is 18.7. The molecule has 0 aliphatic heterocycles. The molecule has 0 fully saturated rings. The first-order chi connectivity index (χ1) is 14.6. The van der Waals surface area contributed by atoms with Gasteiger partial charge in [-0.3, -0.25) is 0 Å². The molecule has 4 rings (SSSR count). The van der Waals surface area contributed by atoms with Crippen molar-refractivity contribution in [3.05, 3.63) is 83.7 Å². The van der Waals surface area contributed by atoms with Gasteiger partial charge in [0.1, 0.15) is 17.1 Å². The van der Waals surface area contributed by atoms with E-state index in [1.807, 2.05) is 67.6 Å². The van der Waals surface area contributed by atoms with Gasteiger partial charge >= 0.3 is 0 Å². The maximum Gasteiger partial charge on any atom is 0.161 e. The first-order valence-electron chi connectivity index (χ1n) is 9.59. The third kappa shape index (κ3) is 3.72. The van der Waals surface area contributed by atoms with Gasteiger partial charge in [-0.05, 0) is 42.8 Å². The van der Waals surface area contributed by atoms with E-state index in [0.717, 1.165) is 16.6 Å². The van der Waals surface area contributed by atoms with E-state index in [4.69, 9.17) is 9.47 Å². The van der Waals surface area contributed by atoms with E-state index in [1.54, 1.807) is 20.4 Å². The number of aromatic hydroxyl groups is 1. The van der Waals surface area contributed by atoms with Gasteiger partial charge in [0.2, 0.25) is 0 Å². The molecular formula is C24H23N3O3. The molecule has 0 saturated heterocycles. The van der Waals surface area contributed by atoms with Gasteiger partial charge in [-0.1, -0.05) is 30.3 Å². The molecule has 2 heterocycles. The Morgan fingerprint density at radius 1 is 0.933 bits per heavy atom. The second kappa shape index (κ2) is 8.29. The van der Waals surface area contributed by atoms with Crippen LogP contribution in [0.2, 0.25) is 0 Å². The molecule has 152 valence electrons. The largest absolute Gasteiger partial charge is 0.505 e. The number of nitrogens with zero attached hydrogens (tertiary/aromatic N) is 2. The Labute approximate surface area is 175 Å². The molecule has 2 aromatic heterocycles. The van der Waals surface area contributed by atoms with Crippen LogP contribution < -0.4 is 14.8 Å². The molecule has 6 nitrogen and oxygen atoms in total. The van der Waals surface area contributed by atoms with Crippen LogP contribution in [0.3, 0.4) is 0 Å². The van der Waals surface area contributed by atoms with Crippen molar-refractivity contribution in [3.8, 4) is 17.2 Å². The highest BCUT2D eigenvalue weighted by atomic mass is 16.5. The third-order valence-electron chi connectivity index (χ3n) is 5.01. The van der Waals surface area contributed by atoms with E-state index in [2.05, 4.69) is 15.3 Å². The van der Waals surface area contributed by atoms with Crippen molar-refractivity contribution in [3.63, 3.8) is 0 Å². The van der Waals surface area contributed by atoms with Gasteiger partial charge in [-0.15, -0.1) is 0 Å². The van der Waals surface area contributed by atoms with Gasteiger partial charge in [0.05, 0.1) is 20.3 Å². The second-order valence-electron chi connectivity index (χ2n) is 6.93. The minimum absolute atomic E-state index is 0.138.